The van der Waals surface area contributed by atoms with Crippen LogP contribution in [0.15, 0.2) is 24.3 Å². The summed E-state index contributed by atoms with van der Waals surface area (Å²) in [5.41, 5.74) is 1.28. The summed E-state index contributed by atoms with van der Waals surface area (Å²) in [4.78, 5) is 12.8. The van der Waals surface area contributed by atoms with Crippen LogP contribution in [-0.2, 0) is 4.79 Å². The molecule has 0 heterocycles. The molecule has 0 aliphatic rings. The summed E-state index contributed by atoms with van der Waals surface area (Å²) in [5, 5.41) is 8.95. The van der Waals surface area contributed by atoms with E-state index in [0.717, 1.165) is 5.69 Å². The van der Waals surface area contributed by atoms with Crippen molar-refractivity contribution in [1.82, 2.24) is 0 Å². The summed E-state index contributed by atoms with van der Waals surface area (Å²) in [5.74, 6) is -0.0416. The predicted octanol–water partition coefficient (Wildman–Crippen LogP) is 1.92. The Morgan fingerprint density at radius 1 is 1.64 bits per heavy atom. The first kappa shape index (κ1) is 10.7. The van der Waals surface area contributed by atoms with E-state index >= 15 is 0 Å². The van der Waals surface area contributed by atoms with Crippen LogP contribution in [0, 0.1) is 11.3 Å². The molecule has 4 heteroatoms. The van der Waals surface area contributed by atoms with Crippen molar-refractivity contribution >= 4 is 27.5 Å². The van der Waals surface area contributed by atoms with E-state index in [1.54, 1.807) is 31.3 Å². The zero-order chi connectivity index (χ0) is 10.6. The summed E-state index contributed by atoms with van der Waals surface area (Å²) in [6, 6.07) is 8.96. The molecule has 14 heavy (non-hydrogen) atoms. The van der Waals surface area contributed by atoms with Crippen LogP contribution in [0.25, 0.3) is 0 Å². The number of nitrogens with zero attached hydrogens (tertiary/aromatic N) is 2. The number of rotatable bonds is 2. The average Bonchev–Trinajstić information content (AvgIpc) is 2.27. The number of nitriles is 1. The number of amides is 1. The van der Waals surface area contributed by atoms with Crippen molar-refractivity contribution in [3.63, 3.8) is 0 Å². The third-order valence-corrected chi connectivity index (χ3v) is 2.33. The maximum Gasteiger partial charge on any atom is 0.237 e. The highest BCUT2D eigenvalue weighted by Gasteiger charge is 2.08. The number of hydrogen-bond donors (Lipinski definition) is 0. The van der Waals surface area contributed by atoms with Crippen LogP contribution >= 0.6 is 15.9 Å². The minimum absolute atomic E-state index is 0.0416. The molecule has 3 nitrogen and oxygen atoms in total. The highest BCUT2D eigenvalue weighted by Crippen LogP contribution is 2.14. The predicted molar refractivity (Wildman–Crippen MR) is 58.4 cm³/mol. The average molecular weight is 253 g/mol. The molecule has 0 spiro atoms. The zero-order valence-electron chi connectivity index (χ0n) is 7.70. The molecule has 72 valence electrons. The molecule has 0 aromatic heterocycles. The smallest absolute Gasteiger partial charge is 0.237 e. The Hall–Kier alpha value is -1.34. The number of halogens is 1. The van der Waals surface area contributed by atoms with Crippen molar-refractivity contribution in [3.8, 4) is 6.07 Å². The standard InChI is InChI=1S/C10H9BrN2O/c1-13(10(14)6-11)9-4-2-3-8(5-9)7-12/h2-5H,6H2,1H3. The second-order valence-corrected chi connectivity index (χ2v) is 3.31. The third kappa shape index (κ3) is 2.33. The second-order valence-electron chi connectivity index (χ2n) is 2.75. The molecule has 0 fully saturated rings. The quantitative estimate of drug-likeness (QED) is 0.756. The summed E-state index contributed by atoms with van der Waals surface area (Å²) < 4.78 is 0. The first-order chi connectivity index (χ1) is 6.69. The van der Waals surface area contributed by atoms with Crippen LogP contribution in [0.4, 0.5) is 5.69 Å². The Morgan fingerprint density at radius 3 is 2.93 bits per heavy atom. The van der Waals surface area contributed by atoms with E-state index in [9.17, 15) is 4.79 Å². The molecule has 0 unspecified atom stereocenters. The van der Waals surface area contributed by atoms with E-state index in [2.05, 4.69) is 15.9 Å². The molecule has 1 rings (SSSR count). The topological polar surface area (TPSA) is 44.1 Å². The Morgan fingerprint density at radius 2 is 2.36 bits per heavy atom. The number of alkyl halides is 1. The molecule has 0 atom stereocenters. The molecule has 0 radical (unpaired) electrons. The summed E-state index contributed by atoms with van der Waals surface area (Å²) in [6.45, 7) is 0. The SMILES string of the molecule is CN(C(=O)CBr)c1cccc(C#N)c1. The maximum atomic E-state index is 11.3. The van der Waals surface area contributed by atoms with Crippen LogP contribution in [0.5, 0.6) is 0 Å². The molecule has 0 saturated heterocycles. The van der Waals surface area contributed by atoms with Gasteiger partial charge in [-0.25, -0.2) is 0 Å². The number of carbonyl (C=O) groups is 1. The Kier molecular flexibility index (Phi) is 3.66. The van der Waals surface area contributed by atoms with E-state index in [1.807, 2.05) is 6.07 Å². The first-order valence-electron chi connectivity index (χ1n) is 4.01. The van der Waals surface area contributed by atoms with Gasteiger partial charge >= 0.3 is 0 Å². The number of benzene rings is 1. The molecular weight excluding hydrogens is 244 g/mol. The lowest BCUT2D eigenvalue weighted by molar-refractivity contribution is -0.115. The lowest BCUT2D eigenvalue weighted by Gasteiger charge is -2.15. The van der Waals surface area contributed by atoms with Crippen molar-refractivity contribution in [2.45, 2.75) is 0 Å². The summed E-state index contributed by atoms with van der Waals surface area (Å²) in [6.07, 6.45) is 0. The van der Waals surface area contributed by atoms with Gasteiger partial charge in [-0.2, -0.15) is 5.26 Å². The van der Waals surface area contributed by atoms with Crippen molar-refractivity contribution in [3.05, 3.63) is 29.8 Å². The monoisotopic (exact) mass is 252 g/mol. The maximum absolute atomic E-state index is 11.3. The Bertz CT molecular complexity index is 384. The van der Waals surface area contributed by atoms with Gasteiger partial charge in [0.25, 0.3) is 0 Å². The molecule has 0 aliphatic carbocycles. The van der Waals surface area contributed by atoms with Gasteiger partial charge in [-0.3, -0.25) is 4.79 Å². The van der Waals surface area contributed by atoms with Crippen LogP contribution in [0.2, 0.25) is 0 Å². The Labute approximate surface area is 91.1 Å². The van der Waals surface area contributed by atoms with Gasteiger partial charge in [0.05, 0.1) is 17.0 Å². The third-order valence-electron chi connectivity index (χ3n) is 1.85. The van der Waals surface area contributed by atoms with Gasteiger partial charge in [0, 0.05) is 12.7 Å². The van der Waals surface area contributed by atoms with Crippen LogP contribution in [0.1, 0.15) is 5.56 Å². The van der Waals surface area contributed by atoms with Gasteiger partial charge < -0.3 is 4.90 Å². The molecule has 0 bridgehead atoms. The van der Waals surface area contributed by atoms with Crippen LogP contribution in [-0.4, -0.2) is 18.3 Å². The van der Waals surface area contributed by atoms with Gasteiger partial charge in [-0.1, -0.05) is 22.0 Å². The highest BCUT2D eigenvalue weighted by molar-refractivity contribution is 9.09. The summed E-state index contributed by atoms with van der Waals surface area (Å²) in [7, 11) is 1.68. The van der Waals surface area contributed by atoms with Gasteiger partial charge in [0.15, 0.2) is 0 Å². The van der Waals surface area contributed by atoms with E-state index < -0.39 is 0 Å². The van der Waals surface area contributed by atoms with Crippen LogP contribution in [0.3, 0.4) is 0 Å². The van der Waals surface area contributed by atoms with Crippen molar-refractivity contribution in [2.75, 3.05) is 17.3 Å². The molecule has 1 aromatic rings. The van der Waals surface area contributed by atoms with E-state index in [4.69, 9.17) is 5.26 Å². The highest BCUT2D eigenvalue weighted by atomic mass is 79.9. The minimum Gasteiger partial charge on any atom is -0.315 e. The first-order valence-corrected chi connectivity index (χ1v) is 5.14. The number of hydrogen-bond acceptors (Lipinski definition) is 2. The fourth-order valence-electron chi connectivity index (χ4n) is 1.02. The van der Waals surface area contributed by atoms with E-state index in [0.29, 0.717) is 5.56 Å². The van der Waals surface area contributed by atoms with Crippen molar-refractivity contribution < 1.29 is 4.79 Å². The fraction of sp³-hybridized carbons (Fsp3) is 0.200. The van der Waals surface area contributed by atoms with Gasteiger partial charge in [-0.15, -0.1) is 0 Å². The largest absolute Gasteiger partial charge is 0.315 e. The normalized spacial score (nSPS) is 9.21. The van der Waals surface area contributed by atoms with Gasteiger partial charge in [0.1, 0.15) is 0 Å². The minimum atomic E-state index is -0.0416. The lowest BCUT2D eigenvalue weighted by atomic mass is 10.2. The van der Waals surface area contributed by atoms with E-state index in [-0.39, 0.29) is 11.2 Å². The summed E-state index contributed by atoms with van der Waals surface area (Å²) >= 11 is 3.09. The zero-order valence-corrected chi connectivity index (χ0v) is 9.28. The molecule has 0 saturated carbocycles. The molecular formula is C10H9BrN2O. The molecule has 1 aromatic carbocycles. The fourth-order valence-corrected chi connectivity index (χ4v) is 1.39. The second kappa shape index (κ2) is 4.77. The number of carbonyl (C=O) groups excluding carboxylic acids is 1. The molecule has 0 N–H and O–H groups in total. The molecule has 0 aliphatic heterocycles. The van der Waals surface area contributed by atoms with E-state index in [1.165, 1.54) is 4.90 Å². The Balaban J connectivity index is 2.96. The van der Waals surface area contributed by atoms with Crippen molar-refractivity contribution in [1.29, 1.82) is 5.26 Å². The van der Waals surface area contributed by atoms with Crippen LogP contribution < -0.4 is 4.90 Å². The van der Waals surface area contributed by atoms with Gasteiger partial charge in [0.2, 0.25) is 5.91 Å². The number of anilines is 1. The molecule has 1 amide bonds. The lowest BCUT2D eigenvalue weighted by Crippen LogP contribution is -2.26. The van der Waals surface area contributed by atoms with Crippen molar-refractivity contribution in [2.24, 2.45) is 0 Å². The van der Waals surface area contributed by atoms with Gasteiger partial charge in [-0.05, 0) is 18.2 Å².